The lowest BCUT2D eigenvalue weighted by Crippen LogP contribution is -2.59. The smallest absolute Gasteiger partial charge is 0.408 e. The van der Waals surface area contributed by atoms with Gasteiger partial charge in [0.25, 0.3) is 5.91 Å². The normalized spacial score (nSPS) is 26.7. The van der Waals surface area contributed by atoms with Crippen molar-refractivity contribution in [1.82, 2.24) is 20.9 Å². The number of carbonyl (C=O) groups is 5. The predicted molar refractivity (Wildman–Crippen MR) is 171 cm³/mol. The van der Waals surface area contributed by atoms with E-state index >= 15 is 0 Å². The molecule has 0 radical (unpaired) electrons. The number of rotatable bonds is 11. The fourth-order valence-corrected chi connectivity index (χ4v) is 7.40. The van der Waals surface area contributed by atoms with Gasteiger partial charge in [0, 0.05) is 24.8 Å². The van der Waals surface area contributed by atoms with Gasteiger partial charge in [0.05, 0.1) is 18.3 Å². The number of oxime groups is 1. The SMILES string of the molecule is CCC[C@H](NC(=O)[C@@H]1C[C@]2(CC(C3CCCCC3)=NO2)CN1C(=O)[C@@H](NC(=O)OC1CCCC1)C(C)(C)C)C(=O)C(=O)NC1CC1. The Bertz CT molecular complexity index is 1200. The molecule has 3 aliphatic carbocycles. The maximum Gasteiger partial charge on any atom is 0.408 e. The third kappa shape index (κ3) is 8.20. The van der Waals surface area contributed by atoms with Gasteiger partial charge in [0.2, 0.25) is 17.6 Å². The number of hydrogen-bond acceptors (Lipinski definition) is 8. The summed E-state index contributed by atoms with van der Waals surface area (Å²) < 4.78 is 5.64. The van der Waals surface area contributed by atoms with Crippen LogP contribution in [0.4, 0.5) is 4.79 Å². The van der Waals surface area contributed by atoms with Gasteiger partial charge in [-0.2, -0.15) is 0 Å². The summed E-state index contributed by atoms with van der Waals surface area (Å²) in [4.78, 5) is 74.9. The summed E-state index contributed by atoms with van der Waals surface area (Å²) in [5.74, 6) is -1.99. The molecule has 12 heteroatoms. The fraction of sp³-hybridized carbons (Fsp3) is 0.824. The van der Waals surface area contributed by atoms with E-state index in [1.807, 2.05) is 27.7 Å². The van der Waals surface area contributed by atoms with Gasteiger partial charge in [-0.3, -0.25) is 19.2 Å². The molecule has 256 valence electrons. The van der Waals surface area contributed by atoms with E-state index in [9.17, 15) is 24.0 Å². The van der Waals surface area contributed by atoms with Gasteiger partial charge in [0.15, 0.2) is 5.60 Å². The van der Waals surface area contributed by atoms with Gasteiger partial charge >= 0.3 is 6.09 Å². The van der Waals surface area contributed by atoms with Crippen LogP contribution in [0, 0.1) is 11.3 Å². The molecule has 3 N–H and O–H groups in total. The molecule has 5 rings (SSSR count). The highest BCUT2D eigenvalue weighted by atomic mass is 16.7. The van der Waals surface area contributed by atoms with Crippen molar-refractivity contribution in [2.75, 3.05) is 6.54 Å². The summed E-state index contributed by atoms with van der Waals surface area (Å²) in [6.07, 6.45) is 11.6. The van der Waals surface area contributed by atoms with Crippen LogP contribution in [0.25, 0.3) is 0 Å². The van der Waals surface area contributed by atoms with Crippen molar-refractivity contribution < 1.29 is 33.5 Å². The zero-order chi connectivity index (χ0) is 33.1. The molecule has 0 bridgehead atoms. The largest absolute Gasteiger partial charge is 0.446 e. The Morgan fingerprint density at radius 2 is 1.65 bits per heavy atom. The zero-order valence-electron chi connectivity index (χ0n) is 28.0. The Morgan fingerprint density at radius 1 is 0.978 bits per heavy atom. The first kappa shape index (κ1) is 34.2. The van der Waals surface area contributed by atoms with Crippen molar-refractivity contribution in [3.05, 3.63) is 0 Å². The molecule has 12 nitrogen and oxygen atoms in total. The molecule has 4 fully saturated rings. The summed E-state index contributed by atoms with van der Waals surface area (Å²) in [5.41, 5.74) is -0.607. The van der Waals surface area contributed by atoms with E-state index in [-0.39, 0.29) is 25.1 Å². The van der Waals surface area contributed by atoms with Crippen molar-refractivity contribution in [3.8, 4) is 0 Å². The zero-order valence-corrected chi connectivity index (χ0v) is 28.0. The minimum Gasteiger partial charge on any atom is -0.446 e. The summed E-state index contributed by atoms with van der Waals surface area (Å²) >= 11 is 0. The number of amides is 4. The number of nitrogens with one attached hydrogen (secondary N) is 3. The Morgan fingerprint density at radius 3 is 2.28 bits per heavy atom. The van der Waals surface area contributed by atoms with Crippen LogP contribution in [0.3, 0.4) is 0 Å². The topological polar surface area (TPSA) is 156 Å². The van der Waals surface area contributed by atoms with Crippen LogP contribution < -0.4 is 16.0 Å². The third-order valence-corrected chi connectivity index (χ3v) is 10.2. The second kappa shape index (κ2) is 14.3. The average Bonchev–Trinajstić information content (AvgIpc) is 3.37. The molecule has 0 unspecified atom stereocenters. The highest BCUT2D eigenvalue weighted by molar-refractivity contribution is 6.38. The van der Waals surface area contributed by atoms with E-state index in [1.54, 1.807) is 0 Å². The highest BCUT2D eigenvalue weighted by Gasteiger charge is 2.56. The van der Waals surface area contributed by atoms with Crippen LogP contribution in [0.15, 0.2) is 5.16 Å². The molecule has 4 amide bonds. The first-order chi connectivity index (χ1) is 21.9. The average molecular weight is 644 g/mol. The lowest BCUT2D eigenvalue weighted by molar-refractivity contribution is -0.144. The Hall–Kier alpha value is -3.18. The maximum atomic E-state index is 14.4. The molecule has 1 saturated heterocycles. The standard InChI is InChI=1S/C34H53N5O7/c1-5-11-24(27(40)30(42)35-22-16-17-22)36-29(41)26-19-34(18-25(38-46-34)21-12-7-6-8-13-21)20-39(26)31(43)28(33(2,3)4)37-32(44)45-23-14-9-10-15-23/h21-24,26,28H,5-20H2,1-4H3,(H,35,42)(H,36,41)(H,37,44)/t24-,26-,28+,34+/m0/s1. The van der Waals surface area contributed by atoms with E-state index in [4.69, 9.17) is 9.57 Å². The second-order valence-corrected chi connectivity index (χ2v) is 15.3. The van der Waals surface area contributed by atoms with Crippen molar-refractivity contribution in [3.63, 3.8) is 0 Å². The molecule has 2 aliphatic heterocycles. The number of likely N-dealkylation sites (tertiary alicyclic amines) is 1. The van der Waals surface area contributed by atoms with Crippen LogP contribution in [-0.2, 0) is 28.8 Å². The van der Waals surface area contributed by atoms with Gasteiger partial charge in [0.1, 0.15) is 18.2 Å². The predicted octanol–water partition coefficient (Wildman–Crippen LogP) is 3.90. The molecule has 0 aromatic carbocycles. The van der Waals surface area contributed by atoms with Crippen LogP contribution >= 0.6 is 0 Å². The van der Waals surface area contributed by atoms with Gasteiger partial charge in [-0.15, -0.1) is 0 Å². The lowest BCUT2D eigenvalue weighted by atomic mass is 9.81. The lowest BCUT2D eigenvalue weighted by Gasteiger charge is -2.35. The molecule has 3 saturated carbocycles. The van der Waals surface area contributed by atoms with Crippen LogP contribution in [0.5, 0.6) is 0 Å². The number of Topliss-reactive ketones (excluding diaryl/α,β-unsaturated/α-hetero) is 1. The first-order valence-corrected chi connectivity index (χ1v) is 17.6. The van der Waals surface area contributed by atoms with Gasteiger partial charge in [-0.1, -0.05) is 58.5 Å². The second-order valence-electron chi connectivity index (χ2n) is 15.3. The third-order valence-electron chi connectivity index (χ3n) is 10.2. The molecule has 46 heavy (non-hydrogen) atoms. The molecule has 4 atom stereocenters. The minimum atomic E-state index is -1.01. The quantitative estimate of drug-likeness (QED) is 0.289. The summed E-state index contributed by atoms with van der Waals surface area (Å²) in [5, 5.41) is 12.9. The summed E-state index contributed by atoms with van der Waals surface area (Å²) in [6, 6.07) is -2.97. The number of ketones is 1. The van der Waals surface area contributed by atoms with E-state index in [1.165, 1.54) is 11.3 Å². The molecule has 1 spiro atoms. The minimum absolute atomic E-state index is 0.0114. The van der Waals surface area contributed by atoms with E-state index in [2.05, 4.69) is 21.1 Å². The number of nitrogens with zero attached hydrogens (tertiary/aromatic N) is 2. The van der Waals surface area contributed by atoms with Gasteiger partial charge < -0.3 is 30.4 Å². The van der Waals surface area contributed by atoms with E-state index in [0.717, 1.165) is 69.9 Å². The molecule has 2 heterocycles. The van der Waals surface area contributed by atoms with Crippen LogP contribution in [0.1, 0.15) is 124 Å². The van der Waals surface area contributed by atoms with Gasteiger partial charge in [-0.05, 0) is 63.2 Å². The van der Waals surface area contributed by atoms with E-state index < -0.39 is 58.7 Å². The highest BCUT2D eigenvalue weighted by Crippen LogP contribution is 2.42. The molecule has 0 aromatic heterocycles. The number of ether oxygens (including phenoxy) is 1. The number of hydrogen-bond donors (Lipinski definition) is 3. The number of alkyl carbamates (subject to hydrolysis) is 1. The monoisotopic (exact) mass is 643 g/mol. The Labute approximate surface area is 272 Å². The van der Waals surface area contributed by atoms with E-state index in [0.29, 0.717) is 25.2 Å². The Balaban J connectivity index is 1.36. The molecule has 5 aliphatic rings. The molecule has 0 aromatic rings. The van der Waals surface area contributed by atoms with Crippen molar-refractivity contribution in [1.29, 1.82) is 0 Å². The van der Waals surface area contributed by atoms with Crippen molar-refractivity contribution in [2.24, 2.45) is 16.5 Å². The number of carbonyl (C=O) groups excluding carboxylic acids is 5. The summed E-state index contributed by atoms with van der Waals surface area (Å²) in [6.45, 7) is 7.57. The molecular weight excluding hydrogens is 590 g/mol. The van der Waals surface area contributed by atoms with Crippen LogP contribution in [-0.4, -0.2) is 82.6 Å². The van der Waals surface area contributed by atoms with Crippen molar-refractivity contribution in [2.45, 2.75) is 160 Å². The van der Waals surface area contributed by atoms with Crippen molar-refractivity contribution >= 4 is 35.3 Å². The Kier molecular flexibility index (Phi) is 10.6. The van der Waals surface area contributed by atoms with Gasteiger partial charge in [-0.25, -0.2) is 4.79 Å². The summed E-state index contributed by atoms with van der Waals surface area (Å²) in [7, 11) is 0. The molecular formula is C34H53N5O7. The van der Waals surface area contributed by atoms with Crippen LogP contribution in [0.2, 0.25) is 0 Å². The first-order valence-electron chi connectivity index (χ1n) is 17.6. The maximum absolute atomic E-state index is 14.4. The fourth-order valence-electron chi connectivity index (χ4n) is 7.40.